The number of ether oxygens (including phenoxy) is 2. The second-order valence-corrected chi connectivity index (χ2v) is 4.38. The number of aromatic nitrogens is 1. The standard InChI is InChI=1S/C12H17ClN2O2/c1-16-10-7-15(8-11(10)17-2)12-5-9(6-13)3-4-14-12/h3-5,10-11H,6-8H2,1-2H3. The van der Waals surface area contributed by atoms with Gasteiger partial charge in [0.1, 0.15) is 18.0 Å². The maximum atomic E-state index is 5.82. The molecular weight excluding hydrogens is 240 g/mol. The summed E-state index contributed by atoms with van der Waals surface area (Å²) < 4.78 is 10.8. The minimum absolute atomic E-state index is 0.0986. The van der Waals surface area contributed by atoms with Crippen LogP contribution in [0.4, 0.5) is 5.82 Å². The third kappa shape index (κ3) is 2.70. The van der Waals surface area contributed by atoms with Crippen LogP contribution in [-0.4, -0.2) is 44.5 Å². The number of hydrogen-bond acceptors (Lipinski definition) is 4. The molecule has 94 valence electrons. The van der Waals surface area contributed by atoms with E-state index in [0.717, 1.165) is 24.5 Å². The topological polar surface area (TPSA) is 34.6 Å². The van der Waals surface area contributed by atoms with Gasteiger partial charge in [0.2, 0.25) is 0 Å². The quantitative estimate of drug-likeness (QED) is 0.768. The van der Waals surface area contributed by atoms with Crippen LogP contribution in [0.25, 0.3) is 0 Å². The van der Waals surface area contributed by atoms with E-state index in [1.807, 2.05) is 12.1 Å². The first-order chi connectivity index (χ1) is 8.28. The summed E-state index contributed by atoms with van der Waals surface area (Å²) in [7, 11) is 3.42. The van der Waals surface area contributed by atoms with E-state index in [0.29, 0.717) is 5.88 Å². The first kappa shape index (κ1) is 12.6. The first-order valence-electron chi connectivity index (χ1n) is 5.60. The molecule has 2 heterocycles. The van der Waals surface area contributed by atoms with E-state index < -0.39 is 0 Å². The van der Waals surface area contributed by atoms with Crippen LogP contribution in [0.3, 0.4) is 0 Å². The fourth-order valence-electron chi connectivity index (χ4n) is 2.10. The summed E-state index contributed by atoms with van der Waals surface area (Å²) in [5.41, 5.74) is 1.08. The van der Waals surface area contributed by atoms with Gasteiger partial charge >= 0.3 is 0 Å². The number of rotatable bonds is 4. The zero-order chi connectivity index (χ0) is 12.3. The predicted molar refractivity (Wildman–Crippen MR) is 67.6 cm³/mol. The fourth-order valence-corrected chi connectivity index (χ4v) is 2.27. The zero-order valence-electron chi connectivity index (χ0n) is 10.1. The largest absolute Gasteiger partial charge is 0.377 e. The smallest absolute Gasteiger partial charge is 0.128 e. The fraction of sp³-hybridized carbons (Fsp3) is 0.583. The highest BCUT2D eigenvalue weighted by Gasteiger charge is 2.33. The van der Waals surface area contributed by atoms with Crippen molar-refractivity contribution in [1.82, 2.24) is 4.98 Å². The second kappa shape index (κ2) is 5.67. The van der Waals surface area contributed by atoms with Gasteiger partial charge in [0, 0.05) is 39.4 Å². The summed E-state index contributed by atoms with van der Waals surface area (Å²) in [4.78, 5) is 6.53. The number of methoxy groups -OCH3 is 2. The summed E-state index contributed by atoms with van der Waals surface area (Å²) >= 11 is 5.82. The molecule has 1 aliphatic heterocycles. The third-order valence-electron chi connectivity index (χ3n) is 3.11. The molecule has 17 heavy (non-hydrogen) atoms. The Labute approximate surface area is 106 Å². The Balaban J connectivity index is 2.13. The number of hydrogen-bond donors (Lipinski definition) is 0. The monoisotopic (exact) mass is 256 g/mol. The molecule has 1 aromatic rings. The second-order valence-electron chi connectivity index (χ2n) is 4.11. The van der Waals surface area contributed by atoms with E-state index in [4.69, 9.17) is 21.1 Å². The number of nitrogens with zero attached hydrogens (tertiary/aromatic N) is 2. The highest BCUT2D eigenvalue weighted by Crippen LogP contribution is 2.22. The minimum Gasteiger partial charge on any atom is -0.377 e. The van der Waals surface area contributed by atoms with E-state index in [2.05, 4.69) is 9.88 Å². The van der Waals surface area contributed by atoms with Crippen LogP contribution in [-0.2, 0) is 15.4 Å². The number of anilines is 1. The van der Waals surface area contributed by atoms with Gasteiger partial charge in [-0.2, -0.15) is 0 Å². The highest BCUT2D eigenvalue weighted by molar-refractivity contribution is 6.17. The Morgan fingerprint density at radius 3 is 2.53 bits per heavy atom. The van der Waals surface area contributed by atoms with Crippen LogP contribution >= 0.6 is 11.6 Å². The van der Waals surface area contributed by atoms with Crippen molar-refractivity contribution in [2.75, 3.05) is 32.2 Å². The molecule has 0 bridgehead atoms. The lowest BCUT2D eigenvalue weighted by molar-refractivity contribution is -0.00461. The Hall–Kier alpha value is -0.840. The summed E-state index contributed by atoms with van der Waals surface area (Å²) in [5.74, 6) is 1.44. The molecule has 2 unspecified atom stereocenters. The van der Waals surface area contributed by atoms with Crippen molar-refractivity contribution in [3.8, 4) is 0 Å². The molecule has 0 radical (unpaired) electrons. The zero-order valence-corrected chi connectivity index (χ0v) is 10.9. The van der Waals surface area contributed by atoms with Crippen molar-refractivity contribution in [1.29, 1.82) is 0 Å². The molecule has 0 spiro atoms. The van der Waals surface area contributed by atoms with Crippen molar-refractivity contribution in [2.45, 2.75) is 18.1 Å². The molecule has 4 nitrogen and oxygen atoms in total. The third-order valence-corrected chi connectivity index (χ3v) is 3.42. The van der Waals surface area contributed by atoms with Crippen LogP contribution in [0.1, 0.15) is 5.56 Å². The van der Waals surface area contributed by atoms with E-state index in [1.54, 1.807) is 20.4 Å². The lowest BCUT2D eigenvalue weighted by Gasteiger charge is -2.17. The van der Waals surface area contributed by atoms with Crippen molar-refractivity contribution >= 4 is 17.4 Å². The molecule has 0 N–H and O–H groups in total. The van der Waals surface area contributed by atoms with Crippen LogP contribution < -0.4 is 4.90 Å². The van der Waals surface area contributed by atoms with Gasteiger partial charge < -0.3 is 14.4 Å². The van der Waals surface area contributed by atoms with Crippen LogP contribution in [0.15, 0.2) is 18.3 Å². The molecule has 1 aromatic heterocycles. The summed E-state index contributed by atoms with van der Waals surface area (Å²) in [6.45, 7) is 1.60. The van der Waals surface area contributed by atoms with Gasteiger partial charge in [-0.1, -0.05) is 0 Å². The highest BCUT2D eigenvalue weighted by atomic mass is 35.5. The average molecular weight is 257 g/mol. The normalized spacial score (nSPS) is 24.3. The summed E-state index contributed by atoms with van der Waals surface area (Å²) in [6.07, 6.45) is 1.98. The SMILES string of the molecule is COC1CN(c2cc(CCl)ccn2)CC1OC. The molecule has 2 rings (SSSR count). The van der Waals surface area contributed by atoms with Gasteiger partial charge in [0.15, 0.2) is 0 Å². The maximum absolute atomic E-state index is 5.82. The molecule has 0 amide bonds. The van der Waals surface area contributed by atoms with Gasteiger partial charge in [0.25, 0.3) is 0 Å². The molecule has 0 aliphatic carbocycles. The van der Waals surface area contributed by atoms with E-state index in [-0.39, 0.29) is 12.2 Å². The average Bonchev–Trinajstić information content (AvgIpc) is 2.82. The molecule has 1 aliphatic rings. The molecule has 1 saturated heterocycles. The molecular formula is C12H17ClN2O2. The molecule has 5 heteroatoms. The lowest BCUT2D eigenvalue weighted by Crippen LogP contribution is -2.27. The van der Waals surface area contributed by atoms with Gasteiger partial charge in [-0.15, -0.1) is 11.6 Å². The number of pyridine rings is 1. The van der Waals surface area contributed by atoms with E-state index >= 15 is 0 Å². The number of alkyl halides is 1. The molecule has 2 atom stereocenters. The Kier molecular flexibility index (Phi) is 4.20. The predicted octanol–water partition coefficient (Wildman–Crippen LogP) is 1.67. The first-order valence-corrected chi connectivity index (χ1v) is 6.13. The van der Waals surface area contributed by atoms with Crippen molar-refractivity contribution in [3.63, 3.8) is 0 Å². The van der Waals surface area contributed by atoms with Crippen molar-refractivity contribution in [3.05, 3.63) is 23.9 Å². The van der Waals surface area contributed by atoms with Crippen molar-refractivity contribution in [2.24, 2.45) is 0 Å². The minimum atomic E-state index is 0.0986. The van der Waals surface area contributed by atoms with Gasteiger partial charge in [-0.05, 0) is 17.7 Å². The Bertz CT molecular complexity index is 363. The Morgan fingerprint density at radius 1 is 1.35 bits per heavy atom. The van der Waals surface area contributed by atoms with Crippen LogP contribution in [0.2, 0.25) is 0 Å². The lowest BCUT2D eigenvalue weighted by atomic mass is 10.3. The summed E-state index contributed by atoms with van der Waals surface area (Å²) in [5, 5.41) is 0. The molecule has 0 aromatic carbocycles. The van der Waals surface area contributed by atoms with Crippen LogP contribution in [0.5, 0.6) is 0 Å². The Morgan fingerprint density at radius 2 is 2.00 bits per heavy atom. The van der Waals surface area contributed by atoms with Gasteiger partial charge in [-0.3, -0.25) is 0 Å². The van der Waals surface area contributed by atoms with Gasteiger partial charge in [-0.25, -0.2) is 4.98 Å². The molecule has 1 fully saturated rings. The molecule has 0 saturated carbocycles. The van der Waals surface area contributed by atoms with Crippen LogP contribution in [0, 0.1) is 0 Å². The van der Waals surface area contributed by atoms with E-state index in [9.17, 15) is 0 Å². The maximum Gasteiger partial charge on any atom is 0.128 e. The van der Waals surface area contributed by atoms with E-state index in [1.165, 1.54) is 0 Å². The van der Waals surface area contributed by atoms with Crippen molar-refractivity contribution < 1.29 is 9.47 Å². The number of halogens is 1. The van der Waals surface area contributed by atoms with Gasteiger partial charge in [0.05, 0.1) is 0 Å². The summed E-state index contributed by atoms with van der Waals surface area (Å²) in [6, 6.07) is 3.94.